The standard InChI is InChI=1S/C16H14O2.C10H14.C8H8O.C7H12O3.H2S/c1-12(2)16(17)18-15-10-8-14(9-11-15)13-6-4-3-5-7-13;1-2-9-7-4-5-8(6-7)10(9)3-1;1-2-7-3-5-8(9)6-4-7;1-6(2)7(8)10-5-4-9-3;/h3-11H,1H2,2H3;1-2,7-10H,3-6H2;2-6,9H,1H2;1,4-5H2,2-3H3;1H2. The summed E-state index contributed by atoms with van der Waals surface area (Å²) in [5, 5.41) is 8.82. The Morgan fingerprint density at radius 3 is 2.00 bits per heavy atom. The van der Waals surface area contributed by atoms with E-state index >= 15 is 0 Å². The summed E-state index contributed by atoms with van der Waals surface area (Å²) in [6, 6.07) is 24.3. The molecule has 4 unspecified atom stereocenters. The molecule has 48 heavy (non-hydrogen) atoms. The average Bonchev–Trinajstić information content (AvgIpc) is 3.84. The van der Waals surface area contributed by atoms with Gasteiger partial charge in [0, 0.05) is 18.3 Å². The first-order valence-electron chi connectivity index (χ1n) is 16.1. The molecule has 6 rings (SSSR count). The molecule has 0 aliphatic heterocycles. The number of carbonyl (C=O) groups is 2. The van der Waals surface area contributed by atoms with Gasteiger partial charge >= 0.3 is 11.9 Å². The Balaban J connectivity index is 0.000000231. The molecule has 3 aliphatic carbocycles. The van der Waals surface area contributed by atoms with Crippen LogP contribution < -0.4 is 4.74 Å². The number of rotatable bonds is 8. The third-order valence-corrected chi connectivity index (χ3v) is 8.44. The number of hydrogen-bond acceptors (Lipinski definition) is 6. The van der Waals surface area contributed by atoms with Crippen LogP contribution in [0.25, 0.3) is 17.2 Å². The van der Waals surface area contributed by atoms with E-state index in [1.54, 1.807) is 64.1 Å². The molecule has 0 saturated heterocycles. The Morgan fingerprint density at radius 2 is 1.44 bits per heavy atom. The molecule has 2 saturated carbocycles. The predicted molar refractivity (Wildman–Crippen MR) is 200 cm³/mol. The molecule has 6 nitrogen and oxygen atoms in total. The van der Waals surface area contributed by atoms with E-state index in [0.29, 0.717) is 35.9 Å². The number of esters is 2. The van der Waals surface area contributed by atoms with Gasteiger partial charge in [0.2, 0.25) is 0 Å². The second-order valence-corrected chi connectivity index (χ2v) is 12.0. The quantitative estimate of drug-likeness (QED) is 0.0846. The minimum Gasteiger partial charge on any atom is -0.508 e. The molecule has 3 aromatic carbocycles. The number of allylic oxidation sites excluding steroid dienone is 2. The summed E-state index contributed by atoms with van der Waals surface area (Å²) in [4.78, 5) is 22.0. The normalized spacial score (nSPS) is 18.9. The first-order chi connectivity index (χ1) is 22.6. The highest BCUT2D eigenvalue weighted by Gasteiger charge is 2.47. The minimum atomic E-state index is -0.400. The number of phenolic OH excluding ortho intramolecular Hbond substituents is 1. The highest BCUT2D eigenvalue weighted by Crippen LogP contribution is 2.56. The van der Waals surface area contributed by atoms with E-state index in [4.69, 9.17) is 9.84 Å². The Morgan fingerprint density at radius 1 is 0.833 bits per heavy atom. The second-order valence-electron chi connectivity index (χ2n) is 12.0. The van der Waals surface area contributed by atoms with Crippen molar-refractivity contribution in [2.75, 3.05) is 20.3 Å². The molecule has 0 aromatic heterocycles. The van der Waals surface area contributed by atoms with Gasteiger partial charge in [0.1, 0.15) is 18.1 Å². The fourth-order valence-electron chi connectivity index (χ4n) is 5.99. The number of phenols is 1. The van der Waals surface area contributed by atoms with Crippen molar-refractivity contribution in [1.29, 1.82) is 0 Å². The molecular weight excluding hydrogens is 621 g/mol. The summed E-state index contributed by atoms with van der Waals surface area (Å²) < 4.78 is 14.5. The third-order valence-electron chi connectivity index (χ3n) is 8.44. The van der Waals surface area contributed by atoms with Crippen molar-refractivity contribution in [2.45, 2.75) is 39.5 Å². The zero-order valence-electron chi connectivity index (χ0n) is 28.4. The van der Waals surface area contributed by atoms with Crippen LogP contribution >= 0.6 is 13.5 Å². The van der Waals surface area contributed by atoms with Crippen molar-refractivity contribution in [2.24, 2.45) is 23.7 Å². The fraction of sp³-hybridized carbons (Fsp3) is 0.317. The number of carbonyl (C=O) groups excluding carboxylic acids is 2. The van der Waals surface area contributed by atoms with Crippen molar-refractivity contribution in [3.05, 3.63) is 127 Å². The van der Waals surface area contributed by atoms with Crippen LogP contribution in [0.4, 0.5) is 0 Å². The lowest BCUT2D eigenvalue weighted by atomic mass is 9.82. The lowest BCUT2D eigenvalue weighted by molar-refractivity contribution is -0.140. The molecule has 4 atom stereocenters. The lowest BCUT2D eigenvalue weighted by Crippen LogP contribution is -2.16. The summed E-state index contributed by atoms with van der Waals surface area (Å²) in [6.07, 6.45) is 12.7. The molecule has 0 heterocycles. The smallest absolute Gasteiger partial charge is 0.338 e. The largest absolute Gasteiger partial charge is 0.508 e. The van der Waals surface area contributed by atoms with Gasteiger partial charge in [0.25, 0.3) is 0 Å². The molecule has 2 bridgehead atoms. The van der Waals surface area contributed by atoms with Crippen molar-refractivity contribution in [3.8, 4) is 22.6 Å². The third kappa shape index (κ3) is 12.7. The van der Waals surface area contributed by atoms with Gasteiger partial charge in [-0.05, 0) is 104 Å². The van der Waals surface area contributed by atoms with E-state index in [-0.39, 0.29) is 19.5 Å². The van der Waals surface area contributed by atoms with Crippen LogP contribution in [0.3, 0.4) is 0 Å². The van der Waals surface area contributed by atoms with E-state index in [0.717, 1.165) is 40.4 Å². The number of methoxy groups -OCH3 is 1. The molecule has 3 aliphatic rings. The first kappa shape index (κ1) is 39.8. The van der Waals surface area contributed by atoms with Crippen LogP contribution in [-0.2, 0) is 19.1 Å². The van der Waals surface area contributed by atoms with E-state index in [1.165, 1.54) is 12.8 Å². The maximum Gasteiger partial charge on any atom is 0.338 e. The zero-order chi connectivity index (χ0) is 34.2. The fourth-order valence-corrected chi connectivity index (χ4v) is 5.99. The molecular formula is C41H50O6S. The van der Waals surface area contributed by atoms with Crippen molar-refractivity contribution >= 4 is 31.5 Å². The van der Waals surface area contributed by atoms with E-state index in [2.05, 4.69) is 41.4 Å². The molecule has 256 valence electrons. The highest BCUT2D eigenvalue weighted by molar-refractivity contribution is 7.59. The second kappa shape index (κ2) is 20.8. The number of hydrogen-bond donors (Lipinski definition) is 1. The van der Waals surface area contributed by atoms with Gasteiger partial charge in [-0.1, -0.05) is 92.6 Å². The molecule has 3 aromatic rings. The summed E-state index contributed by atoms with van der Waals surface area (Å²) in [6.45, 7) is 14.5. The van der Waals surface area contributed by atoms with Crippen LogP contribution in [0, 0.1) is 23.7 Å². The van der Waals surface area contributed by atoms with Gasteiger partial charge < -0.3 is 19.3 Å². The summed E-state index contributed by atoms with van der Waals surface area (Å²) >= 11 is 0. The molecule has 7 heteroatoms. The van der Waals surface area contributed by atoms with Crippen molar-refractivity contribution in [3.63, 3.8) is 0 Å². The van der Waals surface area contributed by atoms with Gasteiger partial charge in [-0.2, -0.15) is 13.5 Å². The van der Waals surface area contributed by atoms with Crippen LogP contribution in [0.1, 0.15) is 45.1 Å². The number of ether oxygens (including phenoxy) is 3. The molecule has 1 N–H and O–H groups in total. The number of fused-ring (bicyclic) bond motifs is 5. The van der Waals surface area contributed by atoms with Gasteiger partial charge in [0.15, 0.2) is 0 Å². The van der Waals surface area contributed by atoms with E-state index < -0.39 is 5.97 Å². The van der Waals surface area contributed by atoms with Crippen LogP contribution in [0.5, 0.6) is 11.5 Å². The highest BCUT2D eigenvalue weighted by atomic mass is 32.1. The number of aromatic hydroxyl groups is 1. The predicted octanol–water partition coefficient (Wildman–Crippen LogP) is 9.34. The summed E-state index contributed by atoms with van der Waals surface area (Å²) in [5.74, 6) is 4.42. The van der Waals surface area contributed by atoms with Gasteiger partial charge in [-0.3, -0.25) is 0 Å². The number of benzene rings is 3. The van der Waals surface area contributed by atoms with Gasteiger partial charge in [0.05, 0.1) is 6.61 Å². The molecule has 0 amide bonds. The summed E-state index contributed by atoms with van der Waals surface area (Å²) in [7, 11) is 1.55. The molecule has 0 radical (unpaired) electrons. The average molecular weight is 671 g/mol. The van der Waals surface area contributed by atoms with Gasteiger partial charge in [-0.25, -0.2) is 9.59 Å². The minimum absolute atomic E-state index is 0. The SMILES string of the molecule is C1=CC2C3CCC(C3)C2C1.C=C(C)C(=O)OCCOC.C=C(C)C(=O)Oc1ccc(-c2ccccc2)cc1.C=Cc1ccc(O)cc1.S. The lowest BCUT2D eigenvalue weighted by Gasteiger charge is -2.23. The first-order valence-corrected chi connectivity index (χ1v) is 16.1. The van der Waals surface area contributed by atoms with Crippen LogP contribution in [0.15, 0.2) is 122 Å². The Kier molecular flexibility index (Phi) is 17.3. The zero-order valence-corrected chi connectivity index (χ0v) is 29.4. The molecule has 2 fully saturated rings. The van der Waals surface area contributed by atoms with E-state index in [1.807, 2.05) is 54.6 Å². The van der Waals surface area contributed by atoms with Crippen molar-refractivity contribution in [1.82, 2.24) is 0 Å². The van der Waals surface area contributed by atoms with Crippen LogP contribution in [0.2, 0.25) is 0 Å². The maximum atomic E-state index is 11.3. The van der Waals surface area contributed by atoms with Gasteiger partial charge in [-0.15, -0.1) is 0 Å². The molecule has 0 spiro atoms. The maximum absolute atomic E-state index is 11.3. The Labute approximate surface area is 293 Å². The van der Waals surface area contributed by atoms with Crippen LogP contribution in [-0.4, -0.2) is 37.4 Å². The van der Waals surface area contributed by atoms with Crippen molar-refractivity contribution < 1.29 is 28.9 Å². The Hall–Kier alpha value is -4.33. The Bertz CT molecular complexity index is 1490. The monoisotopic (exact) mass is 670 g/mol. The summed E-state index contributed by atoms with van der Waals surface area (Å²) in [5.41, 5.74) is 4.05. The van der Waals surface area contributed by atoms with E-state index in [9.17, 15) is 9.59 Å². The topological polar surface area (TPSA) is 82.1 Å².